The number of alkyl carbamates (subject to hydrolysis) is 1. The number of nitrogens with one attached hydrogen (secondary N) is 3. The van der Waals surface area contributed by atoms with Gasteiger partial charge in [-0.3, -0.25) is 4.99 Å². The number of hydrogen-bond donors (Lipinski definition) is 3. The second-order valence-electron chi connectivity index (χ2n) is 7.94. The Hall–Kier alpha value is -2.64. The van der Waals surface area contributed by atoms with Crippen LogP contribution in [-0.2, 0) is 11.3 Å². The molecule has 0 aliphatic heterocycles. The highest BCUT2D eigenvalue weighted by Crippen LogP contribution is 2.30. The van der Waals surface area contributed by atoms with Gasteiger partial charge in [-0.2, -0.15) is 0 Å². The highest BCUT2D eigenvalue weighted by Gasteiger charge is 2.24. The summed E-state index contributed by atoms with van der Waals surface area (Å²) in [6.45, 7) is 10.3. The Bertz CT molecular complexity index is 681. The number of para-hydroxylation sites is 1. The zero-order valence-electron chi connectivity index (χ0n) is 18.2. The molecule has 0 fully saturated rings. The molecule has 1 amide bonds. The third-order valence-electron chi connectivity index (χ3n) is 3.69. The molecule has 0 atom stereocenters. The Morgan fingerprint density at radius 1 is 1.07 bits per heavy atom. The first kappa shape index (κ1) is 23.4. The Morgan fingerprint density at radius 2 is 1.75 bits per heavy atom. The highest BCUT2D eigenvalue weighted by molar-refractivity contribution is 5.80. The van der Waals surface area contributed by atoms with E-state index in [1.807, 2.05) is 52.8 Å². The van der Waals surface area contributed by atoms with Crippen molar-refractivity contribution in [3.05, 3.63) is 23.8 Å². The number of hydrogen-bond acceptors (Lipinski definition) is 5. The van der Waals surface area contributed by atoms with Crippen molar-refractivity contribution in [3.63, 3.8) is 0 Å². The van der Waals surface area contributed by atoms with Gasteiger partial charge in [-0.05, 0) is 40.7 Å². The molecule has 0 bridgehead atoms. The zero-order valence-corrected chi connectivity index (χ0v) is 18.2. The van der Waals surface area contributed by atoms with Crippen LogP contribution in [0, 0.1) is 0 Å². The molecule has 1 aromatic carbocycles. The van der Waals surface area contributed by atoms with E-state index in [1.165, 1.54) is 0 Å². The Balaban J connectivity index is 2.63. The topological polar surface area (TPSA) is 93.2 Å². The fourth-order valence-corrected chi connectivity index (χ4v) is 2.42. The molecule has 0 radical (unpaired) electrons. The number of carbonyl (C=O) groups excluding carboxylic acids is 1. The van der Waals surface area contributed by atoms with E-state index < -0.39 is 17.2 Å². The highest BCUT2D eigenvalue weighted by atomic mass is 16.6. The largest absolute Gasteiger partial charge is 0.493 e. The Labute approximate surface area is 168 Å². The summed E-state index contributed by atoms with van der Waals surface area (Å²) >= 11 is 0. The van der Waals surface area contributed by atoms with Gasteiger partial charge in [0.05, 0.1) is 19.8 Å². The van der Waals surface area contributed by atoms with Gasteiger partial charge in [0.1, 0.15) is 5.60 Å². The third kappa shape index (κ3) is 7.94. The van der Waals surface area contributed by atoms with Crippen molar-refractivity contribution in [1.29, 1.82) is 0 Å². The predicted octanol–water partition coefficient (Wildman–Crippen LogP) is 2.67. The number of amides is 1. The van der Waals surface area contributed by atoms with Gasteiger partial charge in [0.15, 0.2) is 17.5 Å². The lowest BCUT2D eigenvalue weighted by molar-refractivity contribution is 0.0474. The van der Waals surface area contributed by atoms with Gasteiger partial charge >= 0.3 is 6.09 Å². The van der Waals surface area contributed by atoms with Gasteiger partial charge in [-0.15, -0.1) is 0 Å². The third-order valence-corrected chi connectivity index (χ3v) is 3.69. The molecular weight excluding hydrogens is 360 g/mol. The quantitative estimate of drug-likeness (QED) is 0.486. The van der Waals surface area contributed by atoms with Gasteiger partial charge in [0.2, 0.25) is 0 Å². The fraction of sp³-hybridized carbons (Fsp3) is 0.600. The van der Waals surface area contributed by atoms with E-state index in [1.54, 1.807) is 21.3 Å². The first-order chi connectivity index (χ1) is 13.0. The fourth-order valence-electron chi connectivity index (χ4n) is 2.42. The summed E-state index contributed by atoms with van der Waals surface area (Å²) in [5, 5.41) is 9.30. The average molecular weight is 395 g/mol. The van der Waals surface area contributed by atoms with Crippen molar-refractivity contribution in [3.8, 4) is 11.5 Å². The number of guanidine groups is 1. The van der Waals surface area contributed by atoms with Crippen molar-refractivity contribution < 1.29 is 19.0 Å². The van der Waals surface area contributed by atoms with Gasteiger partial charge in [0.25, 0.3) is 0 Å². The second kappa shape index (κ2) is 10.1. The summed E-state index contributed by atoms with van der Waals surface area (Å²) in [5.41, 5.74) is -0.134. The Morgan fingerprint density at radius 3 is 2.29 bits per heavy atom. The number of benzene rings is 1. The molecule has 1 rings (SSSR count). The minimum absolute atomic E-state index is 0.455. The van der Waals surface area contributed by atoms with Crippen LogP contribution in [0.2, 0.25) is 0 Å². The average Bonchev–Trinajstić information content (AvgIpc) is 2.59. The molecule has 0 aromatic heterocycles. The SMILES string of the molecule is CN=C(NCc1cccc(OC)c1OC)NCC(C)(C)NC(=O)OC(C)(C)C. The van der Waals surface area contributed by atoms with Crippen molar-refractivity contribution >= 4 is 12.1 Å². The van der Waals surface area contributed by atoms with Crippen LogP contribution in [0.5, 0.6) is 11.5 Å². The number of nitrogens with zero attached hydrogens (tertiary/aromatic N) is 1. The van der Waals surface area contributed by atoms with Crippen LogP contribution in [-0.4, -0.2) is 51.0 Å². The summed E-state index contributed by atoms with van der Waals surface area (Å²) in [5.74, 6) is 1.95. The smallest absolute Gasteiger partial charge is 0.408 e. The minimum Gasteiger partial charge on any atom is -0.493 e. The molecule has 0 spiro atoms. The molecule has 28 heavy (non-hydrogen) atoms. The van der Waals surface area contributed by atoms with E-state index in [-0.39, 0.29) is 0 Å². The maximum atomic E-state index is 12.0. The number of methoxy groups -OCH3 is 2. The van der Waals surface area contributed by atoms with Gasteiger partial charge in [-0.1, -0.05) is 12.1 Å². The first-order valence-corrected chi connectivity index (χ1v) is 9.17. The first-order valence-electron chi connectivity index (χ1n) is 9.17. The van der Waals surface area contributed by atoms with E-state index in [9.17, 15) is 4.79 Å². The van der Waals surface area contributed by atoms with Gasteiger partial charge in [-0.25, -0.2) is 4.79 Å². The van der Waals surface area contributed by atoms with Crippen LogP contribution < -0.4 is 25.4 Å². The maximum Gasteiger partial charge on any atom is 0.408 e. The molecule has 0 heterocycles. The standard InChI is InChI=1S/C20H34N4O4/c1-19(2,3)28-18(25)24-20(4,5)13-23-17(21-6)22-12-14-10-9-11-15(26-7)16(14)27-8/h9-11H,12-13H2,1-8H3,(H,24,25)(H2,21,22,23). The van der Waals surface area contributed by atoms with E-state index >= 15 is 0 Å². The second-order valence-corrected chi connectivity index (χ2v) is 7.94. The van der Waals surface area contributed by atoms with Crippen LogP contribution >= 0.6 is 0 Å². The van der Waals surface area contributed by atoms with E-state index in [4.69, 9.17) is 14.2 Å². The van der Waals surface area contributed by atoms with Gasteiger partial charge < -0.3 is 30.2 Å². The molecule has 8 nitrogen and oxygen atoms in total. The van der Waals surface area contributed by atoms with Crippen molar-refractivity contribution in [2.24, 2.45) is 4.99 Å². The van der Waals surface area contributed by atoms with Crippen LogP contribution in [0.4, 0.5) is 4.79 Å². The van der Waals surface area contributed by atoms with Crippen molar-refractivity contribution in [2.75, 3.05) is 27.8 Å². The minimum atomic E-state index is -0.541. The van der Waals surface area contributed by atoms with Crippen LogP contribution in [0.1, 0.15) is 40.2 Å². The summed E-state index contributed by atoms with van der Waals surface area (Å²) in [6, 6.07) is 5.71. The number of rotatable bonds is 7. The van der Waals surface area contributed by atoms with Crippen LogP contribution in [0.3, 0.4) is 0 Å². The summed E-state index contributed by atoms with van der Waals surface area (Å²) in [7, 11) is 4.90. The molecule has 1 aromatic rings. The number of aliphatic imine (C=N–C) groups is 1. The predicted molar refractivity (Wildman–Crippen MR) is 111 cm³/mol. The lowest BCUT2D eigenvalue weighted by Gasteiger charge is -2.29. The van der Waals surface area contributed by atoms with Crippen LogP contribution in [0.25, 0.3) is 0 Å². The zero-order chi connectivity index (χ0) is 21.4. The van der Waals surface area contributed by atoms with E-state index in [2.05, 4.69) is 20.9 Å². The molecule has 0 aliphatic rings. The van der Waals surface area contributed by atoms with Crippen molar-refractivity contribution in [1.82, 2.24) is 16.0 Å². The maximum absolute atomic E-state index is 12.0. The van der Waals surface area contributed by atoms with E-state index in [0.29, 0.717) is 30.5 Å². The molecule has 3 N–H and O–H groups in total. The molecule has 0 aliphatic carbocycles. The van der Waals surface area contributed by atoms with E-state index in [0.717, 1.165) is 5.56 Å². The molecule has 0 saturated carbocycles. The molecule has 158 valence electrons. The summed E-state index contributed by atoms with van der Waals surface area (Å²) < 4.78 is 16.1. The normalized spacial score (nSPS) is 12.2. The van der Waals surface area contributed by atoms with Crippen LogP contribution in [0.15, 0.2) is 23.2 Å². The van der Waals surface area contributed by atoms with Crippen molar-refractivity contribution in [2.45, 2.75) is 52.3 Å². The molecule has 0 saturated heterocycles. The summed E-state index contributed by atoms with van der Waals surface area (Å²) in [4.78, 5) is 16.2. The molecular formula is C20H34N4O4. The Kier molecular flexibility index (Phi) is 8.40. The lowest BCUT2D eigenvalue weighted by Crippen LogP contribution is -2.54. The number of carbonyl (C=O) groups is 1. The monoisotopic (exact) mass is 394 g/mol. The lowest BCUT2D eigenvalue weighted by atomic mass is 10.1. The summed E-state index contributed by atoms with van der Waals surface area (Å²) in [6.07, 6.45) is -0.455. The molecule has 8 heteroatoms. The van der Waals surface area contributed by atoms with Gasteiger partial charge in [0, 0.05) is 25.7 Å². The number of ether oxygens (including phenoxy) is 3. The molecule has 0 unspecified atom stereocenters.